The van der Waals surface area contributed by atoms with Gasteiger partial charge in [0.2, 0.25) is 5.91 Å². The summed E-state index contributed by atoms with van der Waals surface area (Å²) in [6.07, 6.45) is -3.20. The summed E-state index contributed by atoms with van der Waals surface area (Å²) >= 11 is 0. The van der Waals surface area contributed by atoms with Gasteiger partial charge in [0.05, 0.1) is 5.56 Å². The molecule has 0 aliphatic heterocycles. The second-order valence-electron chi connectivity index (χ2n) is 5.77. The average Bonchev–Trinajstić information content (AvgIpc) is 2.61. The van der Waals surface area contributed by atoms with Crippen molar-refractivity contribution in [3.63, 3.8) is 0 Å². The van der Waals surface area contributed by atoms with Gasteiger partial charge in [0.15, 0.2) is 0 Å². The monoisotopic (exact) mass is 402 g/mol. The summed E-state index contributed by atoms with van der Waals surface area (Å²) in [4.78, 5) is 11.7. The first-order valence-corrected chi connectivity index (χ1v) is 8.22. The molecule has 2 aromatic carbocycles. The Balaban J connectivity index is 0.00000364. The Morgan fingerprint density at radius 1 is 1.11 bits per heavy atom. The van der Waals surface area contributed by atoms with E-state index in [1.165, 1.54) is 6.07 Å². The Hall–Kier alpha value is -2.25. The lowest BCUT2D eigenvalue weighted by molar-refractivity contribution is -0.137. The second kappa shape index (κ2) is 10.8. The summed E-state index contributed by atoms with van der Waals surface area (Å²) < 4.78 is 43.6. The Kier molecular flexibility index (Phi) is 9.11. The molecule has 2 N–H and O–H groups in total. The molecule has 0 heterocycles. The smallest absolute Gasteiger partial charge is 0.416 e. The van der Waals surface area contributed by atoms with E-state index in [0.717, 1.165) is 25.1 Å². The molecule has 2 aromatic rings. The molecular weight excluding hydrogens is 381 g/mol. The zero-order valence-corrected chi connectivity index (χ0v) is 15.6. The van der Waals surface area contributed by atoms with E-state index >= 15 is 0 Å². The fraction of sp³-hybridized carbons (Fsp3) is 0.316. The quantitative estimate of drug-likeness (QED) is 0.632. The number of carbonyl (C=O) groups is 1. The molecule has 0 unspecified atom stereocenters. The molecule has 0 aromatic heterocycles. The SMILES string of the molecule is CNCCCC(=O)Nc1ccc(OCc2cccc(C(F)(F)F)c2)cc1.Cl. The number of amides is 1. The Morgan fingerprint density at radius 2 is 1.81 bits per heavy atom. The van der Waals surface area contributed by atoms with Gasteiger partial charge in [0, 0.05) is 12.1 Å². The fourth-order valence-corrected chi connectivity index (χ4v) is 2.29. The minimum Gasteiger partial charge on any atom is -0.489 e. The van der Waals surface area contributed by atoms with Gasteiger partial charge < -0.3 is 15.4 Å². The number of halogens is 4. The van der Waals surface area contributed by atoms with Crippen LogP contribution in [0, 0.1) is 0 Å². The minimum atomic E-state index is -4.37. The topological polar surface area (TPSA) is 50.4 Å². The van der Waals surface area contributed by atoms with Crippen molar-refractivity contribution in [3.05, 3.63) is 59.7 Å². The van der Waals surface area contributed by atoms with E-state index in [1.807, 2.05) is 7.05 Å². The third-order valence-electron chi connectivity index (χ3n) is 3.63. The minimum absolute atomic E-state index is 0. The first kappa shape index (κ1) is 22.8. The maximum absolute atomic E-state index is 12.7. The molecule has 0 saturated carbocycles. The van der Waals surface area contributed by atoms with Gasteiger partial charge in [0.1, 0.15) is 12.4 Å². The van der Waals surface area contributed by atoms with Crippen molar-refractivity contribution < 1.29 is 22.7 Å². The fourth-order valence-electron chi connectivity index (χ4n) is 2.29. The molecule has 0 radical (unpaired) electrons. The van der Waals surface area contributed by atoms with Crippen LogP contribution in [0.4, 0.5) is 18.9 Å². The first-order valence-electron chi connectivity index (χ1n) is 8.22. The van der Waals surface area contributed by atoms with E-state index in [9.17, 15) is 18.0 Å². The maximum atomic E-state index is 12.7. The van der Waals surface area contributed by atoms with Crippen LogP contribution in [0.2, 0.25) is 0 Å². The summed E-state index contributed by atoms with van der Waals surface area (Å²) in [5.74, 6) is 0.438. The summed E-state index contributed by atoms with van der Waals surface area (Å²) in [5, 5.41) is 5.75. The number of anilines is 1. The van der Waals surface area contributed by atoms with Gasteiger partial charge in [-0.3, -0.25) is 4.79 Å². The summed E-state index contributed by atoms with van der Waals surface area (Å²) in [6.45, 7) is 0.801. The van der Waals surface area contributed by atoms with Gasteiger partial charge in [-0.2, -0.15) is 13.2 Å². The molecule has 0 saturated heterocycles. The van der Waals surface area contributed by atoms with Crippen molar-refractivity contribution >= 4 is 24.0 Å². The molecule has 27 heavy (non-hydrogen) atoms. The highest BCUT2D eigenvalue weighted by molar-refractivity contribution is 5.90. The van der Waals surface area contributed by atoms with Crippen molar-refractivity contribution in [1.82, 2.24) is 5.32 Å². The third-order valence-corrected chi connectivity index (χ3v) is 3.63. The van der Waals surface area contributed by atoms with E-state index in [4.69, 9.17) is 4.74 Å². The number of carbonyl (C=O) groups excluding carboxylic acids is 1. The number of nitrogens with one attached hydrogen (secondary N) is 2. The molecule has 8 heteroatoms. The summed E-state index contributed by atoms with van der Waals surface area (Å²) in [6, 6.07) is 11.7. The molecule has 0 fully saturated rings. The molecule has 0 aliphatic rings. The normalized spacial score (nSPS) is 10.8. The van der Waals surface area contributed by atoms with Crippen LogP contribution < -0.4 is 15.4 Å². The Bertz CT molecular complexity index is 722. The highest BCUT2D eigenvalue weighted by Crippen LogP contribution is 2.29. The van der Waals surface area contributed by atoms with Crippen molar-refractivity contribution in [1.29, 1.82) is 0 Å². The van der Waals surface area contributed by atoms with Gasteiger partial charge >= 0.3 is 6.18 Å². The molecule has 148 valence electrons. The van der Waals surface area contributed by atoms with E-state index in [-0.39, 0.29) is 24.9 Å². The lowest BCUT2D eigenvalue weighted by Gasteiger charge is -2.11. The first-order chi connectivity index (χ1) is 12.4. The number of alkyl halides is 3. The van der Waals surface area contributed by atoms with Crippen LogP contribution in [-0.4, -0.2) is 19.5 Å². The van der Waals surface area contributed by atoms with E-state index < -0.39 is 11.7 Å². The number of hydrogen-bond donors (Lipinski definition) is 2. The molecular formula is C19H22ClF3N2O2. The molecule has 0 spiro atoms. The standard InChI is InChI=1S/C19H21F3N2O2.ClH/c1-23-11-3-6-18(25)24-16-7-9-17(10-8-16)26-13-14-4-2-5-15(12-14)19(20,21)22;/h2,4-5,7-10,12,23H,3,6,11,13H2,1H3,(H,24,25);1H. The Morgan fingerprint density at radius 3 is 2.44 bits per heavy atom. The lowest BCUT2D eigenvalue weighted by Crippen LogP contribution is -2.15. The number of hydrogen-bond acceptors (Lipinski definition) is 3. The second-order valence-corrected chi connectivity index (χ2v) is 5.77. The van der Waals surface area contributed by atoms with E-state index in [2.05, 4.69) is 10.6 Å². The van der Waals surface area contributed by atoms with Crippen molar-refractivity contribution in [2.45, 2.75) is 25.6 Å². The van der Waals surface area contributed by atoms with Crippen LogP contribution in [0.5, 0.6) is 5.75 Å². The van der Waals surface area contributed by atoms with Gasteiger partial charge in [0.25, 0.3) is 0 Å². The van der Waals surface area contributed by atoms with Crippen LogP contribution in [-0.2, 0) is 17.6 Å². The maximum Gasteiger partial charge on any atom is 0.416 e. The summed E-state index contributed by atoms with van der Waals surface area (Å²) in [5.41, 5.74) is 0.377. The number of benzene rings is 2. The highest BCUT2D eigenvalue weighted by atomic mass is 35.5. The van der Waals surface area contributed by atoms with Crippen LogP contribution in [0.25, 0.3) is 0 Å². The zero-order valence-electron chi connectivity index (χ0n) is 14.8. The molecule has 1 amide bonds. The molecule has 0 bridgehead atoms. The van der Waals surface area contributed by atoms with Gasteiger partial charge in [-0.15, -0.1) is 12.4 Å². The molecule has 4 nitrogen and oxygen atoms in total. The van der Waals surface area contributed by atoms with Gasteiger partial charge in [-0.05, 0) is 62.0 Å². The van der Waals surface area contributed by atoms with Crippen LogP contribution in [0.3, 0.4) is 0 Å². The molecule has 0 atom stereocenters. The van der Waals surface area contributed by atoms with Gasteiger partial charge in [-0.1, -0.05) is 12.1 Å². The van der Waals surface area contributed by atoms with Crippen molar-refractivity contribution in [2.75, 3.05) is 18.9 Å². The van der Waals surface area contributed by atoms with Crippen LogP contribution >= 0.6 is 12.4 Å². The number of ether oxygens (including phenoxy) is 1. The largest absolute Gasteiger partial charge is 0.489 e. The van der Waals surface area contributed by atoms with E-state index in [0.29, 0.717) is 23.4 Å². The van der Waals surface area contributed by atoms with Crippen LogP contribution in [0.15, 0.2) is 48.5 Å². The van der Waals surface area contributed by atoms with Gasteiger partial charge in [-0.25, -0.2) is 0 Å². The van der Waals surface area contributed by atoms with Crippen LogP contribution in [0.1, 0.15) is 24.0 Å². The highest BCUT2D eigenvalue weighted by Gasteiger charge is 2.30. The zero-order chi connectivity index (χ0) is 19.0. The lowest BCUT2D eigenvalue weighted by atomic mass is 10.1. The number of rotatable bonds is 8. The average molecular weight is 403 g/mol. The predicted octanol–water partition coefficient (Wildman–Crippen LogP) is 4.64. The predicted molar refractivity (Wildman–Crippen MR) is 101 cm³/mol. The third kappa shape index (κ3) is 7.88. The van der Waals surface area contributed by atoms with Crippen molar-refractivity contribution in [2.24, 2.45) is 0 Å². The molecule has 0 aliphatic carbocycles. The van der Waals surface area contributed by atoms with E-state index in [1.54, 1.807) is 30.3 Å². The Labute approximate surface area is 162 Å². The summed E-state index contributed by atoms with van der Waals surface area (Å²) in [7, 11) is 1.83. The molecule has 2 rings (SSSR count). The van der Waals surface area contributed by atoms with Crippen molar-refractivity contribution in [3.8, 4) is 5.75 Å².